The van der Waals surface area contributed by atoms with Gasteiger partial charge in [-0.1, -0.05) is 23.9 Å². The maximum Gasteiger partial charge on any atom is 0.234 e. The topological polar surface area (TPSA) is 65.4 Å². The van der Waals surface area contributed by atoms with E-state index in [4.69, 9.17) is 9.47 Å². The standard InChI is InChI=1S/C18H19N3O3S/c1-21-15-7-5-4-6-13(15)20-18(21)25-11-17(22)19-14-10-12(23-2)8-9-16(14)24-3/h4-10H,11H2,1-3H3,(H,19,22). The van der Waals surface area contributed by atoms with Crippen molar-refractivity contribution in [2.24, 2.45) is 7.05 Å². The number of aryl methyl sites for hydroxylation is 1. The van der Waals surface area contributed by atoms with E-state index in [1.807, 2.05) is 35.9 Å². The van der Waals surface area contributed by atoms with Crippen LogP contribution >= 0.6 is 11.8 Å². The number of fused-ring (bicyclic) bond motifs is 1. The van der Waals surface area contributed by atoms with Crippen molar-refractivity contribution in [3.8, 4) is 11.5 Å². The van der Waals surface area contributed by atoms with Crippen LogP contribution in [0, 0.1) is 0 Å². The van der Waals surface area contributed by atoms with Gasteiger partial charge >= 0.3 is 0 Å². The molecule has 0 aliphatic heterocycles. The Balaban J connectivity index is 1.69. The Morgan fingerprint density at radius 1 is 1.20 bits per heavy atom. The number of methoxy groups -OCH3 is 2. The molecule has 1 N–H and O–H groups in total. The van der Waals surface area contributed by atoms with Crippen molar-refractivity contribution in [1.29, 1.82) is 0 Å². The normalized spacial score (nSPS) is 10.7. The Kier molecular flexibility index (Phi) is 5.14. The Hall–Kier alpha value is -2.67. The molecule has 0 fully saturated rings. The van der Waals surface area contributed by atoms with Gasteiger partial charge in [0.25, 0.3) is 0 Å². The van der Waals surface area contributed by atoms with Gasteiger partial charge in [0.15, 0.2) is 5.16 Å². The Labute approximate surface area is 150 Å². The molecule has 0 unspecified atom stereocenters. The second kappa shape index (κ2) is 7.48. The fourth-order valence-electron chi connectivity index (χ4n) is 2.48. The van der Waals surface area contributed by atoms with Crippen LogP contribution in [0.15, 0.2) is 47.6 Å². The fourth-order valence-corrected chi connectivity index (χ4v) is 3.27. The lowest BCUT2D eigenvalue weighted by molar-refractivity contribution is -0.113. The Bertz CT molecular complexity index is 908. The lowest BCUT2D eigenvalue weighted by Gasteiger charge is -2.11. The number of rotatable bonds is 6. The summed E-state index contributed by atoms with van der Waals surface area (Å²) in [6.07, 6.45) is 0. The van der Waals surface area contributed by atoms with E-state index < -0.39 is 0 Å². The minimum atomic E-state index is -0.136. The van der Waals surface area contributed by atoms with Crippen LogP contribution in [0.4, 0.5) is 5.69 Å². The summed E-state index contributed by atoms with van der Waals surface area (Å²) in [6.45, 7) is 0. The van der Waals surface area contributed by atoms with Crippen molar-refractivity contribution in [2.45, 2.75) is 5.16 Å². The van der Waals surface area contributed by atoms with Crippen molar-refractivity contribution in [1.82, 2.24) is 9.55 Å². The van der Waals surface area contributed by atoms with E-state index in [-0.39, 0.29) is 11.7 Å². The van der Waals surface area contributed by atoms with E-state index in [2.05, 4.69) is 10.3 Å². The minimum absolute atomic E-state index is 0.136. The maximum absolute atomic E-state index is 12.3. The fraction of sp³-hybridized carbons (Fsp3) is 0.222. The molecular weight excluding hydrogens is 338 g/mol. The first kappa shape index (κ1) is 17.2. The number of nitrogens with one attached hydrogen (secondary N) is 1. The Morgan fingerprint density at radius 2 is 2.00 bits per heavy atom. The molecule has 1 heterocycles. The van der Waals surface area contributed by atoms with Gasteiger partial charge in [-0.15, -0.1) is 0 Å². The highest BCUT2D eigenvalue weighted by Gasteiger charge is 2.12. The zero-order valence-corrected chi connectivity index (χ0v) is 15.1. The molecule has 1 aromatic heterocycles. The number of aromatic nitrogens is 2. The largest absolute Gasteiger partial charge is 0.497 e. The number of para-hydroxylation sites is 2. The van der Waals surface area contributed by atoms with Crippen LogP contribution in [-0.2, 0) is 11.8 Å². The van der Waals surface area contributed by atoms with E-state index in [1.54, 1.807) is 32.4 Å². The molecule has 0 spiro atoms. The van der Waals surface area contributed by atoms with Crippen LogP contribution < -0.4 is 14.8 Å². The number of carbonyl (C=O) groups excluding carboxylic acids is 1. The van der Waals surface area contributed by atoms with Crippen molar-refractivity contribution >= 4 is 34.4 Å². The molecule has 0 atom stereocenters. The second-order valence-corrected chi connectivity index (χ2v) is 6.29. The van der Waals surface area contributed by atoms with E-state index in [0.29, 0.717) is 17.2 Å². The first-order valence-electron chi connectivity index (χ1n) is 7.68. The maximum atomic E-state index is 12.3. The number of amides is 1. The molecule has 0 saturated carbocycles. The molecule has 25 heavy (non-hydrogen) atoms. The monoisotopic (exact) mass is 357 g/mol. The van der Waals surface area contributed by atoms with Crippen LogP contribution in [0.3, 0.4) is 0 Å². The summed E-state index contributed by atoms with van der Waals surface area (Å²) in [7, 11) is 5.08. The van der Waals surface area contributed by atoms with E-state index in [9.17, 15) is 4.79 Å². The number of carbonyl (C=O) groups is 1. The number of anilines is 1. The number of ether oxygens (including phenoxy) is 2. The molecule has 3 rings (SSSR count). The minimum Gasteiger partial charge on any atom is -0.497 e. The molecule has 0 radical (unpaired) electrons. The zero-order chi connectivity index (χ0) is 17.8. The van der Waals surface area contributed by atoms with Gasteiger partial charge in [0.05, 0.1) is 36.7 Å². The third kappa shape index (κ3) is 3.71. The summed E-state index contributed by atoms with van der Waals surface area (Å²) in [5.74, 6) is 1.35. The average molecular weight is 357 g/mol. The lowest BCUT2D eigenvalue weighted by atomic mass is 10.2. The molecule has 7 heteroatoms. The number of imidazole rings is 1. The van der Waals surface area contributed by atoms with Gasteiger partial charge in [-0.3, -0.25) is 4.79 Å². The van der Waals surface area contributed by atoms with E-state index in [0.717, 1.165) is 16.2 Å². The third-order valence-electron chi connectivity index (χ3n) is 3.76. The summed E-state index contributed by atoms with van der Waals surface area (Å²) >= 11 is 1.39. The van der Waals surface area contributed by atoms with Gasteiger partial charge in [-0.2, -0.15) is 0 Å². The highest BCUT2D eigenvalue weighted by Crippen LogP contribution is 2.29. The number of nitrogens with zero attached hydrogens (tertiary/aromatic N) is 2. The smallest absolute Gasteiger partial charge is 0.234 e. The van der Waals surface area contributed by atoms with Crippen LogP contribution in [0.5, 0.6) is 11.5 Å². The van der Waals surface area contributed by atoms with Crippen LogP contribution in [-0.4, -0.2) is 35.4 Å². The van der Waals surface area contributed by atoms with Crippen molar-refractivity contribution < 1.29 is 14.3 Å². The molecule has 0 bridgehead atoms. The highest BCUT2D eigenvalue weighted by molar-refractivity contribution is 7.99. The summed E-state index contributed by atoms with van der Waals surface area (Å²) in [5.41, 5.74) is 2.54. The number of hydrogen-bond acceptors (Lipinski definition) is 5. The van der Waals surface area contributed by atoms with Crippen LogP contribution in [0.2, 0.25) is 0 Å². The third-order valence-corrected chi connectivity index (χ3v) is 4.79. The van der Waals surface area contributed by atoms with Gasteiger partial charge in [0, 0.05) is 13.1 Å². The summed E-state index contributed by atoms with van der Waals surface area (Å²) in [4.78, 5) is 16.9. The molecule has 130 valence electrons. The van der Waals surface area contributed by atoms with Crippen molar-refractivity contribution in [3.05, 3.63) is 42.5 Å². The highest BCUT2D eigenvalue weighted by atomic mass is 32.2. The predicted molar refractivity (Wildman–Crippen MR) is 99.6 cm³/mol. The molecule has 2 aromatic carbocycles. The summed E-state index contributed by atoms with van der Waals surface area (Å²) in [5, 5.41) is 3.66. The average Bonchev–Trinajstić information content (AvgIpc) is 2.96. The van der Waals surface area contributed by atoms with Crippen LogP contribution in [0.1, 0.15) is 0 Å². The molecule has 0 aliphatic carbocycles. The van der Waals surface area contributed by atoms with E-state index in [1.165, 1.54) is 11.8 Å². The quantitative estimate of drug-likeness (QED) is 0.686. The number of benzene rings is 2. The zero-order valence-electron chi connectivity index (χ0n) is 14.3. The lowest BCUT2D eigenvalue weighted by Crippen LogP contribution is -2.15. The molecule has 0 aliphatic rings. The van der Waals surface area contributed by atoms with Gasteiger partial charge < -0.3 is 19.4 Å². The summed E-state index contributed by atoms with van der Waals surface area (Å²) in [6, 6.07) is 13.2. The first-order chi connectivity index (χ1) is 12.1. The van der Waals surface area contributed by atoms with Crippen LogP contribution in [0.25, 0.3) is 11.0 Å². The first-order valence-corrected chi connectivity index (χ1v) is 8.67. The molecule has 1 amide bonds. The molecule has 6 nitrogen and oxygen atoms in total. The van der Waals surface area contributed by atoms with Gasteiger partial charge in [-0.25, -0.2) is 4.98 Å². The number of thioether (sulfide) groups is 1. The second-order valence-electron chi connectivity index (χ2n) is 5.35. The van der Waals surface area contributed by atoms with Crippen molar-refractivity contribution in [2.75, 3.05) is 25.3 Å². The van der Waals surface area contributed by atoms with Gasteiger partial charge in [-0.05, 0) is 24.3 Å². The summed E-state index contributed by atoms with van der Waals surface area (Å²) < 4.78 is 12.4. The molecular formula is C18H19N3O3S. The predicted octanol–water partition coefficient (Wildman–Crippen LogP) is 3.32. The van der Waals surface area contributed by atoms with E-state index >= 15 is 0 Å². The molecule has 3 aromatic rings. The SMILES string of the molecule is COc1ccc(OC)c(NC(=O)CSc2nc3ccccc3n2C)c1. The Morgan fingerprint density at radius 3 is 2.72 bits per heavy atom. The van der Waals surface area contributed by atoms with Crippen molar-refractivity contribution in [3.63, 3.8) is 0 Å². The molecule has 0 saturated heterocycles. The number of hydrogen-bond donors (Lipinski definition) is 1. The van der Waals surface area contributed by atoms with Gasteiger partial charge in [0.1, 0.15) is 11.5 Å². The van der Waals surface area contributed by atoms with Gasteiger partial charge in [0.2, 0.25) is 5.91 Å².